The van der Waals surface area contributed by atoms with Crippen molar-refractivity contribution in [2.24, 2.45) is 0 Å². The Labute approximate surface area is 122 Å². The van der Waals surface area contributed by atoms with Gasteiger partial charge in [0.05, 0.1) is 11.5 Å². The predicted octanol–water partition coefficient (Wildman–Crippen LogP) is 1.58. The van der Waals surface area contributed by atoms with Crippen LogP contribution in [0.1, 0.15) is 13.3 Å². The highest BCUT2D eigenvalue weighted by Gasteiger charge is 2.21. The van der Waals surface area contributed by atoms with Gasteiger partial charge in [-0.25, -0.2) is 9.97 Å². The highest BCUT2D eigenvalue weighted by molar-refractivity contribution is 7.16. The maximum Gasteiger partial charge on any atom is 0.140 e. The lowest BCUT2D eigenvalue weighted by Crippen LogP contribution is -2.48. The highest BCUT2D eigenvalue weighted by atomic mass is 32.1. The molecule has 0 bridgehead atoms. The van der Waals surface area contributed by atoms with E-state index in [0.29, 0.717) is 0 Å². The van der Waals surface area contributed by atoms with E-state index in [-0.39, 0.29) is 6.10 Å². The van der Waals surface area contributed by atoms with Gasteiger partial charge in [0.15, 0.2) is 0 Å². The lowest BCUT2D eigenvalue weighted by molar-refractivity contribution is 0.106. The van der Waals surface area contributed by atoms with E-state index < -0.39 is 0 Å². The van der Waals surface area contributed by atoms with Crippen LogP contribution in [0.2, 0.25) is 0 Å². The number of fused-ring (bicyclic) bond motifs is 1. The molecule has 108 valence electrons. The Kier molecular flexibility index (Phi) is 4.14. The fourth-order valence-corrected chi connectivity index (χ4v) is 3.33. The summed E-state index contributed by atoms with van der Waals surface area (Å²) in [6.45, 7) is 6.67. The van der Waals surface area contributed by atoms with Crippen LogP contribution < -0.4 is 4.90 Å². The first-order valence-electron chi connectivity index (χ1n) is 7.11. The predicted molar refractivity (Wildman–Crippen MR) is 82.4 cm³/mol. The van der Waals surface area contributed by atoms with Gasteiger partial charge in [0.1, 0.15) is 17.0 Å². The Balaban J connectivity index is 1.67. The van der Waals surface area contributed by atoms with Crippen molar-refractivity contribution >= 4 is 27.4 Å². The standard InChI is InChI=1S/C14H20N4OS/c1-2-11(19)9-17-4-6-18(7-5-17)13-12-3-8-20-14(12)16-10-15-13/h3,8,10-11,19H,2,4-7,9H2,1H3/t11-/m1/s1. The molecule has 1 saturated heterocycles. The van der Waals surface area contributed by atoms with Crippen LogP contribution in [0.4, 0.5) is 5.82 Å². The average Bonchev–Trinajstić information content (AvgIpc) is 2.96. The van der Waals surface area contributed by atoms with Crippen molar-refractivity contribution in [1.82, 2.24) is 14.9 Å². The zero-order valence-corrected chi connectivity index (χ0v) is 12.5. The van der Waals surface area contributed by atoms with E-state index in [0.717, 1.165) is 55.2 Å². The average molecular weight is 292 g/mol. The van der Waals surface area contributed by atoms with E-state index in [1.807, 2.05) is 6.92 Å². The molecule has 2 aromatic rings. The van der Waals surface area contributed by atoms with Crippen LogP contribution in [0, 0.1) is 0 Å². The summed E-state index contributed by atoms with van der Waals surface area (Å²) in [5, 5.41) is 13.0. The van der Waals surface area contributed by atoms with Gasteiger partial charge in [-0.2, -0.15) is 0 Å². The van der Waals surface area contributed by atoms with Crippen LogP contribution in [0.25, 0.3) is 10.2 Å². The van der Waals surface area contributed by atoms with Crippen LogP contribution in [-0.4, -0.2) is 58.8 Å². The molecule has 3 rings (SSSR count). The summed E-state index contributed by atoms with van der Waals surface area (Å²) in [6, 6.07) is 2.10. The Hall–Kier alpha value is -1.24. The molecule has 6 heteroatoms. The molecule has 1 fully saturated rings. The molecule has 3 heterocycles. The number of aromatic nitrogens is 2. The minimum atomic E-state index is -0.204. The van der Waals surface area contributed by atoms with Crippen molar-refractivity contribution < 1.29 is 5.11 Å². The molecule has 5 nitrogen and oxygen atoms in total. The van der Waals surface area contributed by atoms with E-state index in [4.69, 9.17) is 0 Å². The molecule has 1 N–H and O–H groups in total. The van der Waals surface area contributed by atoms with Crippen molar-refractivity contribution in [3.63, 3.8) is 0 Å². The highest BCUT2D eigenvalue weighted by Crippen LogP contribution is 2.27. The first-order valence-corrected chi connectivity index (χ1v) is 7.99. The summed E-state index contributed by atoms with van der Waals surface area (Å²) in [5.74, 6) is 1.05. The summed E-state index contributed by atoms with van der Waals surface area (Å²) in [7, 11) is 0. The van der Waals surface area contributed by atoms with Gasteiger partial charge in [-0.05, 0) is 17.9 Å². The van der Waals surface area contributed by atoms with Gasteiger partial charge < -0.3 is 10.0 Å². The smallest absolute Gasteiger partial charge is 0.140 e. The first kappa shape index (κ1) is 13.7. The molecule has 0 radical (unpaired) electrons. The van der Waals surface area contributed by atoms with E-state index in [9.17, 15) is 5.11 Å². The molecular weight excluding hydrogens is 272 g/mol. The van der Waals surface area contributed by atoms with E-state index in [2.05, 4.69) is 31.2 Å². The number of thiophene rings is 1. The molecule has 1 atom stereocenters. The summed E-state index contributed by atoms with van der Waals surface area (Å²) < 4.78 is 0. The van der Waals surface area contributed by atoms with Crippen molar-refractivity contribution in [2.45, 2.75) is 19.4 Å². The van der Waals surface area contributed by atoms with Crippen LogP contribution in [0.5, 0.6) is 0 Å². The topological polar surface area (TPSA) is 52.5 Å². The number of hydrogen-bond acceptors (Lipinski definition) is 6. The van der Waals surface area contributed by atoms with Crippen LogP contribution in [-0.2, 0) is 0 Å². The van der Waals surface area contributed by atoms with Crippen molar-refractivity contribution in [3.8, 4) is 0 Å². The van der Waals surface area contributed by atoms with Crippen LogP contribution in [0.15, 0.2) is 17.8 Å². The van der Waals surface area contributed by atoms with Gasteiger partial charge in [-0.15, -0.1) is 11.3 Å². The van der Waals surface area contributed by atoms with Gasteiger partial charge in [-0.3, -0.25) is 4.90 Å². The number of aliphatic hydroxyl groups excluding tert-OH is 1. The summed E-state index contributed by atoms with van der Waals surface area (Å²) in [5.41, 5.74) is 0. The number of piperazine rings is 1. The molecule has 20 heavy (non-hydrogen) atoms. The molecule has 0 saturated carbocycles. The van der Waals surface area contributed by atoms with Gasteiger partial charge in [-0.1, -0.05) is 6.92 Å². The van der Waals surface area contributed by atoms with Crippen LogP contribution in [0.3, 0.4) is 0 Å². The Morgan fingerprint density at radius 3 is 2.85 bits per heavy atom. The summed E-state index contributed by atoms with van der Waals surface area (Å²) >= 11 is 1.66. The molecule has 0 unspecified atom stereocenters. The van der Waals surface area contributed by atoms with E-state index >= 15 is 0 Å². The quantitative estimate of drug-likeness (QED) is 0.927. The zero-order valence-electron chi connectivity index (χ0n) is 11.7. The maximum atomic E-state index is 9.73. The molecule has 0 aromatic carbocycles. The Morgan fingerprint density at radius 1 is 1.30 bits per heavy atom. The normalized spacial score (nSPS) is 18.6. The van der Waals surface area contributed by atoms with Crippen molar-refractivity contribution in [3.05, 3.63) is 17.8 Å². The van der Waals surface area contributed by atoms with Crippen molar-refractivity contribution in [1.29, 1.82) is 0 Å². The fraction of sp³-hybridized carbons (Fsp3) is 0.571. The van der Waals surface area contributed by atoms with Crippen LogP contribution >= 0.6 is 11.3 Å². The number of hydrogen-bond donors (Lipinski definition) is 1. The number of nitrogens with zero attached hydrogens (tertiary/aromatic N) is 4. The monoisotopic (exact) mass is 292 g/mol. The largest absolute Gasteiger partial charge is 0.392 e. The van der Waals surface area contributed by atoms with Gasteiger partial charge in [0.25, 0.3) is 0 Å². The molecule has 2 aromatic heterocycles. The van der Waals surface area contributed by atoms with E-state index in [1.165, 1.54) is 0 Å². The lowest BCUT2D eigenvalue weighted by Gasteiger charge is -2.36. The van der Waals surface area contributed by atoms with Gasteiger partial charge in [0.2, 0.25) is 0 Å². The minimum Gasteiger partial charge on any atom is -0.392 e. The number of anilines is 1. The second-order valence-electron chi connectivity index (χ2n) is 5.19. The Morgan fingerprint density at radius 2 is 2.10 bits per heavy atom. The van der Waals surface area contributed by atoms with E-state index in [1.54, 1.807) is 17.7 Å². The first-order chi connectivity index (χ1) is 9.78. The van der Waals surface area contributed by atoms with Gasteiger partial charge >= 0.3 is 0 Å². The molecule has 0 spiro atoms. The number of rotatable bonds is 4. The lowest BCUT2D eigenvalue weighted by atomic mass is 10.2. The molecule has 1 aliphatic heterocycles. The number of aliphatic hydroxyl groups is 1. The summed E-state index contributed by atoms with van der Waals surface area (Å²) in [4.78, 5) is 14.5. The SMILES string of the molecule is CC[C@@H](O)CN1CCN(c2ncnc3sccc23)CC1. The second kappa shape index (κ2) is 6.03. The maximum absolute atomic E-state index is 9.73. The van der Waals surface area contributed by atoms with Gasteiger partial charge in [0, 0.05) is 32.7 Å². The minimum absolute atomic E-state index is 0.204. The van der Waals surface area contributed by atoms with Crippen molar-refractivity contribution in [2.75, 3.05) is 37.6 Å². The zero-order chi connectivity index (χ0) is 13.9. The molecular formula is C14H20N4OS. The Bertz CT molecular complexity index is 565. The molecule has 1 aliphatic rings. The fourth-order valence-electron chi connectivity index (χ4n) is 2.60. The molecule has 0 aliphatic carbocycles. The molecule has 0 amide bonds. The second-order valence-corrected chi connectivity index (χ2v) is 6.08. The third-order valence-electron chi connectivity index (χ3n) is 3.85. The third-order valence-corrected chi connectivity index (χ3v) is 4.67. The number of β-amino-alcohol motifs (C(OH)–C–C–N with tert-alkyl or cyclic N) is 1. The third kappa shape index (κ3) is 2.77. The summed E-state index contributed by atoms with van der Waals surface area (Å²) in [6.07, 6.45) is 2.27.